The summed E-state index contributed by atoms with van der Waals surface area (Å²) in [6, 6.07) is -0.907. The van der Waals surface area contributed by atoms with Gasteiger partial charge < -0.3 is 28.5 Å². The summed E-state index contributed by atoms with van der Waals surface area (Å²) in [6.07, 6.45) is 82.1. The molecule has 0 aromatic carbocycles. The zero-order chi connectivity index (χ0) is 59.3. The fourth-order valence-electron chi connectivity index (χ4n) is 9.08. The van der Waals surface area contributed by atoms with Crippen LogP contribution in [0.3, 0.4) is 0 Å². The van der Waals surface area contributed by atoms with Crippen molar-refractivity contribution in [1.29, 1.82) is 0 Å². The second-order valence-electron chi connectivity index (χ2n) is 23.2. The third-order valence-corrected chi connectivity index (χ3v) is 15.2. The van der Waals surface area contributed by atoms with Crippen molar-refractivity contribution in [2.45, 2.75) is 290 Å². The minimum absolute atomic E-state index is 0.0319. The molecule has 0 spiro atoms. The Bertz CT molecular complexity index is 1750. The van der Waals surface area contributed by atoms with Crippen LogP contribution in [-0.2, 0) is 27.9 Å². The number of amides is 1. The number of hydrogen-bond acceptors (Lipinski definition) is 7. The van der Waals surface area contributed by atoms with Gasteiger partial charge in [0.2, 0.25) is 5.91 Å². The summed E-state index contributed by atoms with van der Waals surface area (Å²) >= 11 is 0. The number of hydrogen-bond donors (Lipinski definition) is 1. The number of allylic oxidation sites excluding steroid dienone is 17. The molecule has 0 aliphatic carbocycles. The zero-order valence-corrected chi connectivity index (χ0v) is 54.1. The summed E-state index contributed by atoms with van der Waals surface area (Å²) in [5.74, 6) is -0.573. The van der Waals surface area contributed by atoms with Crippen LogP contribution in [0.5, 0.6) is 0 Å². The molecule has 9 nitrogen and oxygen atoms in total. The van der Waals surface area contributed by atoms with Crippen LogP contribution in [0.1, 0.15) is 278 Å². The summed E-state index contributed by atoms with van der Waals surface area (Å²) < 4.78 is 30.3. The molecule has 3 atom stereocenters. The lowest BCUT2D eigenvalue weighted by Gasteiger charge is -2.30. The number of carbonyl (C=O) groups is 2. The van der Waals surface area contributed by atoms with Crippen molar-refractivity contribution < 1.29 is 37.3 Å². The van der Waals surface area contributed by atoms with E-state index in [-0.39, 0.29) is 31.3 Å². The van der Waals surface area contributed by atoms with E-state index in [1.165, 1.54) is 116 Å². The highest BCUT2D eigenvalue weighted by molar-refractivity contribution is 7.45. The van der Waals surface area contributed by atoms with E-state index in [0.717, 1.165) is 122 Å². The van der Waals surface area contributed by atoms with Crippen molar-refractivity contribution in [3.8, 4) is 0 Å². The number of rotatable bonds is 59. The number of unbranched alkanes of at least 4 members (excludes halogenated alkanes) is 27. The van der Waals surface area contributed by atoms with Gasteiger partial charge in [-0.05, 0) is 115 Å². The Morgan fingerprint density at radius 1 is 0.444 bits per heavy atom. The number of nitrogens with zero attached hydrogens (tertiary/aromatic N) is 1. The first-order valence-corrected chi connectivity index (χ1v) is 34.7. The molecular formula is C71H125N2O7P. The Hall–Kier alpha value is -3.33. The molecule has 0 rings (SSSR count). The smallest absolute Gasteiger partial charge is 0.306 e. The normalized spacial score (nSPS) is 14.3. The Kier molecular flexibility index (Phi) is 57.4. The minimum atomic E-state index is -4.71. The van der Waals surface area contributed by atoms with E-state index >= 15 is 0 Å². The largest absolute Gasteiger partial charge is 0.756 e. The fraction of sp³-hybridized carbons (Fsp3) is 0.718. The van der Waals surface area contributed by atoms with Crippen molar-refractivity contribution in [3.05, 3.63) is 109 Å². The molecule has 0 heterocycles. The van der Waals surface area contributed by atoms with Crippen LogP contribution in [0.25, 0.3) is 0 Å². The van der Waals surface area contributed by atoms with E-state index < -0.39 is 26.6 Å². The van der Waals surface area contributed by atoms with Gasteiger partial charge in [0, 0.05) is 12.8 Å². The number of ether oxygens (including phenoxy) is 1. The second kappa shape index (κ2) is 59.8. The third kappa shape index (κ3) is 61.1. The molecular weight excluding hydrogens is 1020 g/mol. The number of esters is 1. The molecule has 0 saturated carbocycles. The van der Waals surface area contributed by atoms with Gasteiger partial charge >= 0.3 is 5.97 Å². The first-order valence-electron chi connectivity index (χ1n) is 33.2. The van der Waals surface area contributed by atoms with Crippen LogP contribution in [0.15, 0.2) is 109 Å². The minimum Gasteiger partial charge on any atom is -0.756 e. The summed E-state index contributed by atoms with van der Waals surface area (Å²) in [5.41, 5.74) is 0. The van der Waals surface area contributed by atoms with Gasteiger partial charge in [-0.3, -0.25) is 14.2 Å². The van der Waals surface area contributed by atoms with Crippen LogP contribution in [0, 0.1) is 0 Å². The molecule has 0 fully saturated rings. The number of phosphoric acid groups is 1. The van der Waals surface area contributed by atoms with Gasteiger partial charge in [-0.1, -0.05) is 259 Å². The van der Waals surface area contributed by atoms with E-state index in [2.05, 4.69) is 123 Å². The number of phosphoric ester groups is 1. The molecule has 1 amide bonds. The molecule has 0 saturated heterocycles. The number of likely N-dealkylation sites (N-methyl/N-ethyl adjacent to an activating group) is 1. The summed E-state index contributed by atoms with van der Waals surface area (Å²) in [7, 11) is 1.16. The van der Waals surface area contributed by atoms with Gasteiger partial charge in [0.05, 0.1) is 33.8 Å². The second-order valence-corrected chi connectivity index (χ2v) is 24.6. The Morgan fingerprint density at radius 2 is 0.790 bits per heavy atom. The molecule has 1 N–H and O–H groups in total. The predicted molar refractivity (Wildman–Crippen MR) is 348 cm³/mol. The zero-order valence-electron chi connectivity index (χ0n) is 53.2. The average Bonchev–Trinajstić information content (AvgIpc) is 3.44. The van der Waals surface area contributed by atoms with Crippen molar-refractivity contribution in [3.63, 3.8) is 0 Å². The molecule has 0 bridgehead atoms. The number of carbonyl (C=O) groups excluding carboxylic acids is 2. The average molecular weight is 1150 g/mol. The maximum atomic E-state index is 13.5. The fourth-order valence-corrected chi connectivity index (χ4v) is 9.81. The first kappa shape index (κ1) is 77.7. The molecule has 0 aliphatic rings. The van der Waals surface area contributed by atoms with Crippen molar-refractivity contribution in [2.75, 3.05) is 40.9 Å². The molecule has 0 radical (unpaired) electrons. The Balaban J connectivity index is 5.10. The van der Waals surface area contributed by atoms with Gasteiger partial charge in [0.15, 0.2) is 0 Å². The number of quaternary nitrogens is 1. The Morgan fingerprint density at radius 3 is 1.21 bits per heavy atom. The molecule has 3 unspecified atom stereocenters. The van der Waals surface area contributed by atoms with Gasteiger partial charge in [0.1, 0.15) is 19.3 Å². The standard InChI is InChI=1S/C71H125N2O7P/c1-7-10-13-16-19-22-25-27-29-31-32-33-34-35-36-37-38-39-40-42-44-46-49-52-55-58-61-64-71(75)80-69(62-59-56-53-50-47-24-21-18-15-12-9-3)68(67-79-81(76,77)78-66-65-73(4,5)6)72-70(74)63-60-57-54-51-48-45-43-41-30-28-26-23-20-17-14-11-8-2/h10,13,19-20,22-23,27-30,32-33,35-36,43,45,59,62,68-69H,7-9,11-12,14-18,21,24-26,31,34,37-42,44,46-58,60-61,63-67H2,1-6H3,(H-,72,74,76,77)/b13-10-,22-19-,23-20-,29-27-,30-28-,33-32-,36-35-,45-43-,62-59-. The van der Waals surface area contributed by atoms with Crippen LogP contribution in [0.4, 0.5) is 0 Å². The van der Waals surface area contributed by atoms with Gasteiger partial charge in [-0.2, -0.15) is 0 Å². The van der Waals surface area contributed by atoms with E-state index in [9.17, 15) is 19.0 Å². The highest BCUT2D eigenvalue weighted by atomic mass is 31.2. The molecule has 0 aromatic rings. The maximum absolute atomic E-state index is 13.5. The van der Waals surface area contributed by atoms with E-state index in [0.29, 0.717) is 17.4 Å². The quantitative estimate of drug-likeness (QED) is 0.0212. The van der Waals surface area contributed by atoms with Crippen molar-refractivity contribution >= 4 is 19.7 Å². The molecule has 0 aromatic heterocycles. The van der Waals surface area contributed by atoms with E-state index in [4.69, 9.17) is 13.8 Å². The monoisotopic (exact) mass is 1150 g/mol. The predicted octanol–water partition coefficient (Wildman–Crippen LogP) is 20.3. The lowest BCUT2D eigenvalue weighted by atomic mass is 10.0. The summed E-state index contributed by atoms with van der Waals surface area (Å²) in [6.45, 7) is 6.68. The molecule has 10 heteroatoms. The van der Waals surface area contributed by atoms with Crippen molar-refractivity contribution in [1.82, 2.24) is 5.32 Å². The number of nitrogens with one attached hydrogen (secondary N) is 1. The van der Waals surface area contributed by atoms with Gasteiger partial charge in [-0.25, -0.2) is 0 Å². The van der Waals surface area contributed by atoms with Crippen LogP contribution in [-0.4, -0.2) is 69.4 Å². The summed E-state index contributed by atoms with van der Waals surface area (Å²) in [5, 5.41) is 3.02. The third-order valence-electron chi connectivity index (χ3n) is 14.2. The highest BCUT2D eigenvalue weighted by Gasteiger charge is 2.27. The van der Waals surface area contributed by atoms with Crippen LogP contribution < -0.4 is 10.2 Å². The molecule has 0 aliphatic heterocycles. The maximum Gasteiger partial charge on any atom is 0.306 e. The highest BCUT2D eigenvalue weighted by Crippen LogP contribution is 2.38. The van der Waals surface area contributed by atoms with Crippen LogP contribution >= 0.6 is 7.82 Å². The first-order chi connectivity index (χ1) is 39.4. The van der Waals surface area contributed by atoms with E-state index in [1.54, 1.807) is 0 Å². The van der Waals surface area contributed by atoms with Gasteiger partial charge in [0.25, 0.3) is 7.82 Å². The lowest BCUT2D eigenvalue weighted by Crippen LogP contribution is -2.47. The van der Waals surface area contributed by atoms with Gasteiger partial charge in [-0.15, -0.1) is 0 Å². The van der Waals surface area contributed by atoms with Crippen molar-refractivity contribution in [2.24, 2.45) is 0 Å². The molecule has 466 valence electrons. The SMILES string of the molecule is CC/C=C\C/C=C\C/C=C\C/C=C\C/C=C\CCCCCCCCCCCCCC(=O)OC(/C=C\CCCCCCCCCCC)C(COP(=O)([O-])OCC[N+](C)(C)C)NC(=O)CCCCCC/C=C\C/C=C\C/C=C\CCCCC. The topological polar surface area (TPSA) is 114 Å². The lowest BCUT2D eigenvalue weighted by molar-refractivity contribution is -0.870. The Labute approximate surface area is 500 Å². The van der Waals surface area contributed by atoms with E-state index in [1.807, 2.05) is 33.3 Å². The molecule has 81 heavy (non-hydrogen) atoms. The summed E-state index contributed by atoms with van der Waals surface area (Å²) in [4.78, 5) is 40.0. The van der Waals surface area contributed by atoms with Crippen LogP contribution in [0.2, 0.25) is 0 Å².